The first-order valence-electron chi connectivity index (χ1n) is 9.94. The topological polar surface area (TPSA) is 76.1 Å². The van der Waals surface area contributed by atoms with E-state index in [-0.39, 0.29) is 17.3 Å². The van der Waals surface area contributed by atoms with Gasteiger partial charge in [-0.25, -0.2) is 4.57 Å². The molecular formula is C24H26NO5P. The van der Waals surface area contributed by atoms with Gasteiger partial charge in [-0.05, 0) is 68.0 Å². The van der Waals surface area contributed by atoms with E-state index in [1.54, 1.807) is 42.5 Å². The molecule has 0 aliphatic heterocycles. The Morgan fingerprint density at radius 2 is 1.39 bits per heavy atom. The van der Waals surface area contributed by atoms with Gasteiger partial charge in [0.25, 0.3) is 0 Å². The van der Waals surface area contributed by atoms with Gasteiger partial charge in [-0.1, -0.05) is 42.5 Å². The van der Waals surface area contributed by atoms with Crippen molar-refractivity contribution >= 4 is 13.6 Å². The number of phosphoric acid groups is 1. The van der Waals surface area contributed by atoms with Gasteiger partial charge in [-0.2, -0.15) is 0 Å². The molecule has 0 heterocycles. The van der Waals surface area contributed by atoms with Crippen molar-refractivity contribution in [2.75, 3.05) is 14.1 Å². The Morgan fingerprint density at radius 1 is 0.839 bits per heavy atom. The van der Waals surface area contributed by atoms with Crippen molar-refractivity contribution in [3.8, 4) is 11.5 Å². The van der Waals surface area contributed by atoms with Crippen LogP contribution in [0.3, 0.4) is 0 Å². The van der Waals surface area contributed by atoms with Crippen LogP contribution in [0.2, 0.25) is 0 Å². The molecule has 0 saturated heterocycles. The van der Waals surface area contributed by atoms with Crippen molar-refractivity contribution in [3.63, 3.8) is 0 Å². The molecule has 0 amide bonds. The van der Waals surface area contributed by atoms with Crippen LogP contribution >= 0.6 is 7.82 Å². The Balaban J connectivity index is 1.59. The molecule has 0 aromatic heterocycles. The smallest absolute Gasteiger partial charge is 0.395 e. The van der Waals surface area contributed by atoms with Crippen LogP contribution in [0.1, 0.15) is 27.9 Å². The molecule has 7 heteroatoms. The Labute approximate surface area is 182 Å². The van der Waals surface area contributed by atoms with Crippen molar-refractivity contribution < 1.29 is 23.3 Å². The van der Waals surface area contributed by atoms with Gasteiger partial charge in [0.15, 0.2) is 5.78 Å². The van der Waals surface area contributed by atoms with E-state index in [1.807, 2.05) is 26.2 Å². The van der Waals surface area contributed by atoms with Crippen LogP contribution in [0.4, 0.5) is 0 Å². The van der Waals surface area contributed by atoms with Crippen LogP contribution in [0, 0.1) is 0 Å². The van der Waals surface area contributed by atoms with Crippen LogP contribution in [0.5, 0.6) is 11.5 Å². The number of ketones is 1. The van der Waals surface area contributed by atoms with E-state index in [1.165, 1.54) is 17.7 Å². The van der Waals surface area contributed by atoms with Gasteiger partial charge < -0.3 is 13.9 Å². The van der Waals surface area contributed by atoms with Gasteiger partial charge in [-0.15, -0.1) is 0 Å². The zero-order valence-electron chi connectivity index (χ0n) is 17.6. The predicted molar refractivity (Wildman–Crippen MR) is 120 cm³/mol. The lowest BCUT2D eigenvalue weighted by Gasteiger charge is -2.14. The number of carbonyl (C=O) groups is 1. The minimum atomic E-state index is -4.33. The van der Waals surface area contributed by atoms with Crippen LogP contribution in [-0.4, -0.2) is 29.7 Å². The standard InChI is InChI=1S/C24H26NO5P/c1-25(2)18-21-9-7-6-8-19(21)14-17-24(26)20-12-15-23(16-13-20)30-31(27,28)29-22-10-4-3-5-11-22/h3-13,15-16H,14,17-18H2,1-2H3,(H,27,28). The average molecular weight is 439 g/mol. The molecular weight excluding hydrogens is 413 g/mol. The lowest BCUT2D eigenvalue weighted by atomic mass is 9.99. The molecule has 3 rings (SSSR count). The van der Waals surface area contributed by atoms with Gasteiger partial charge in [0.2, 0.25) is 0 Å². The molecule has 1 atom stereocenters. The second-order valence-corrected chi connectivity index (χ2v) is 8.72. The Morgan fingerprint density at radius 3 is 2.00 bits per heavy atom. The summed E-state index contributed by atoms with van der Waals surface area (Å²) < 4.78 is 22.3. The first-order chi connectivity index (χ1) is 14.8. The number of phosphoric ester groups is 1. The van der Waals surface area contributed by atoms with E-state index >= 15 is 0 Å². The maximum atomic E-state index is 12.6. The highest BCUT2D eigenvalue weighted by Crippen LogP contribution is 2.44. The molecule has 0 fully saturated rings. The molecule has 6 nitrogen and oxygen atoms in total. The monoisotopic (exact) mass is 439 g/mol. The van der Waals surface area contributed by atoms with Gasteiger partial charge >= 0.3 is 7.82 Å². The van der Waals surface area contributed by atoms with Gasteiger partial charge in [0.05, 0.1) is 0 Å². The van der Waals surface area contributed by atoms with Crippen molar-refractivity contribution in [1.29, 1.82) is 0 Å². The minimum Gasteiger partial charge on any atom is -0.395 e. The maximum absolute atomic E-state index is 12.6. The maximum Gasteiger partial charge on any atom is 0.584 e. The number of carbonyl (C=O) groups excluding carboxylic acids is 1. The third-order valence-corrected chi connectivity index (χ3v) is 5.47. The van der Waals surface area contributed by atoms with Crippen LogP contribution in [0.25, 0.3) is 0 Å². The van der Waals surface area contributed by atoms with Crippen LogP contribution < -0.4 is 9.05 Å². The van der Waals surface area contributed by atoms with Gasteiger partial charge in [0.1, 0.15) is 11.5 Å². The molecule has 0 saturated carbocycles. The molecule has 3 aromatic carbocycles. The number of aryl methyl sites for hydroxylation is 1. The first-order valence-corrected chi connectivity index (χ1v) is 11.4. The third-order valence-electron chi connectivity index (χ3n) is 4.59. The summed E-state index contributed by atoms with van der Waals surface area (Å²) in [7, 11) is -0.303. The highest BCUT2D eigenvalue weighted by atomic mass is 31.2. The van der Waals surface area contributed by atoms with Gasteiger partial charge in [0, 0.05) is 18.5 Å². The molecule has 0 radical (unpaired) electrons. The normalized spacial score (nSPS) is 12.9. The fourth-order valence-electron chi connectivity index (χ4n) is 3.16. The number of benzene rings is 3. The first kappa shape index (κ1) is 22.8. The molecule has 1 unspecified atom stereocenters. The van der Waals surface area contributed by atoms with Crippen molar-refractivity contribution in [2.24, 2.45) is 0 Å². The molecule has 3 aromatic rings. The number of rotatable bonds is 10. The number of nitrogens with zero attached hydrogens (tertiary/aromatic N) is 1. The number of Topliss-reactive ketones (excluding diaryl/α,β-unsaturated/α-hetero) is 1. The summed E-state index contributed by atoms with van der Waals surface area (Å²) in [5, 5.41) is 0. The van der Waals surface area contributed by atoms with E-state index < -0.39 is 7.82 Å². The lowest BCUT2D eigenvalue weighted by Crippen LogP contribution is -2.12. The Bertz CT molecular complexity index is 1050. The fourth-order valence-corrected chi connectivity index (χ4v) is 3.97. The summed E-state index contributed by atoms with van der Waals surface area (Å²) in [6.07, 6.45) is 1.03. The van der Waals surface area contributed by atoms with E-state index in [2.05, 4.69) is 17.0 Å². The quantitative estimate of drug-likeness (QED) is 0.349. The molecule has 162 valence electrons. The van der Waals surface area contributed by atoms with E-state index in [9.17, 15) is 14.3 Å². The molecule has 1 N–H and O–H groups in total. The Kier molecular flexibility index (Phi) is 7.64. The largest absolute Gasteiger partial charge is 0.584 e. The van der Waals surface area contributed by atoms with Crippen molar-refractivity contribution in [3.05, 3.63) is 95.6 Å². The SMILES string of the molecule is CN(C)Cc1ccccc1CCC(=O)c1ccc(OP(=O)(O)Oc2ccccc2)cc1. The van der Waals surface area contributed by atoms with Crippen molar-refractivity contribution in [2.45, 2.75) is 19.4 Å². The molecule has 0 spiro atoms. The van der Waals surface area contributed by atoms with E-state index in [0.717, 1.165) is 12.1 Å². The van der Waals surface area contributed by atoms with E-state index in [4.69, 9.17) is 9.05 Å². The fraction of sp³-hybridized carbons (Fsp3) is 0.208. The summed E-state index contributed by atoms with van der Waals surface area (Å²) in [5.41, 5.74) is 2.89. The third kappa shape index (κ3) is 7.07. The van der Waals surface area contributed by atoms with Gasteiger partial charge in [-0.3, -0.25) is 9.69 Å². The van der Waals surface area contributed by atoms with Crippen LogP contribution in [0.15, 0.2) is 78.9 Å². The molecule has 0 aliphatic carbocycles. The predicted octanol–water partition coefficient (Wildman–Crippen LogP) is 5.12. The lowest BCUT2D eigenvalue weighted by molar-refractivity contribution is 0.0982. The number of hydrogen-bond acceptors (Lipinski definition) is 5. The zero-order chi connectivity index (χ0) is 22.3. The summed E-state index contributed by atoms with van der Waals surface area (Å²) in [5.74, 6) is 0.378. The summed E-state index contributed by atoms with van der Waals surface area (Å²) in [6.45, 7) is 0.822. The summed E-state index contributed by atoms with van der Waals surface area (Å²) >= 11 is 0. The Hall–Kier alpha value is -2.92. The zero-order valence-corrected chi connectivity index (χ0v) is 18.5. The van der Waals surface area contributed by atoms with E-state index in [0.29, 0.717) is 18.4 Å². The molecule has 0 aliphatic rings. The second-order valence-electron chi connectivity index (χ2n) is 7.42. The summed E-state index contributed by atoms with van der Waals surface area (Å²) in [4.78, 5) is 24.6. The average Bonchev–Trinajstić information content (AvgIpc) is 2.73. The second kappa shape index (κ2) is 10.4. The highest BCUT2D eigenvalue weighted by molar-refractivity contribution is 7.48. The molecule has 31 heavy (non-hydrogen) atoms. The highest BCUT2D eigenvalue weighted by Gasteiger charge is 2.25. The number of hydrogen-bond donors (Lipinski definition) is 1. The number of para-hydroxylation sites is 1. The minimum absolute atomic E-state index is 0.000997. The van der Waals surface area contributed by atoms with Crippen molar-refractivity contribution in [1.82, 2.24) is 4.90 Å². The summed E-state index contributed by atoms with van der Waals surface area (Å²) in [6, 6.07) is 22.5. The van der Waals surface area contributed by atoms with Crippen LogP contribution in [-0.2, 0) is 17.5 Å². The molecule has 0 bridgehead atoms.